The Kier molecular flexibility index (Phi) is 5.64. The van der Waals surface area contributed by atoms with E-state index in [1.54, 1.807) is 0 Å². The lowest BCUT2D eigenvalue weighted by atomic mass is 9.94. The highest BCUT2D eigenvalue weighted by molar-refractivity contribution is 6.02. The highest BCUT2D eigenvalue weighted by Gasteiger charge is 2.53. The molecular weight excluding hydrogens is 452 g/mol. The lowest BCUT2D eigenvalue weighted by Crippen LogP contribution is -2.61. The molecule has 35 heavy (non-hydrogen) atoms. The summed E-state index contributed by atoms with van der Waals surface area (Å²) in [6.45, 7) is 3.10. The largest absolute Gasteiger partial charge is 0.451 e. The van der Waals surface area contributed by atoms with E-state index in [1.807, 2.05) is 67.7 Å². The zero-order valence-electron chi connectivity index (χ0n) is 19.2. The zero-order chi connectivity index (χ0) is 24.6. The molecule has 2 aliphatic rings. The molecular formula is C25H24N4O6. The number of ether oxygens (including phenoxy) is 3. The topological polar surface area (TPSA) is 122 Å². The Labute approximate surface area is 200 Å². The van der Waals surface area contributed by atoms with Gasteiger partial charge in [-0.3, -0.25) is 15.0 Å². The van der Waals surface area contributed by atoms with Crippen LogP contribution in [0.1, 0.15) is 30.9 Å². The van der Waals surface area contributed by atoms with E-state index in [-0.39, 0.29) is 25.3 Å². The molecule has 0 radical (unpaired) electrons. The predicted octanol–water partition coefficient (Wildman–Crippen LogP) is 3.01. The second-order valence-corrected chi connectivity index (χ2v) is 8.60. The molecule has 10 nitrogen and oxygen atoms in total. The number of nitrogens with one attached hydrogen (secondary N) is 2. The molecule has 1 fully saturated rings. The highest BCUT2D eigenvalue weighted by atomic mass is 16.6. The molecule has 0 unspecified atom stereocenters. The first kappa shape index (κ1) is 22.5. The first-order valence-electron chi connectivity index (χ1n) is 11.2. The normalized spacial score (nSPS) is 22.5. The van der Waals surface area contributed by atoms with E-state index < -0.39 is 29.7 Å². The van der Waals surface area contributed by atoms with Crippen molar-refractivity contribution in [2.45, 2.75) is 38.1 Å². The number of cyclic esters (lactones) is 1. The molecule has 2 N–H and O–H groups in total. The number of aromatic amines is 1. The molecule has 2 aromatic carbocycles. The van der Waals surface area contributed by atoms with Gasteiger partial charge in [-0.25, -0.2) is 9.59 Å². The number of esters is 1. The Morgan fingerprint density at radius 2 is 1.97 bits per heavy atom. The lowest BCUT2D eigenvalue weighted by Gasteiger charge is -2.31. The van der Waals surface area contributed by atoms with Crippen molar-refractivity contribution >= 4 is 34.9 Å². The van der Waals surface area contributed by atoms with Crippen LogP contribution in [0.4, 0.5) is 4.79 Å². The number of rotatable bonds is 5. The highest BCUT2D eigenvalue weighted by Crippen LogP contribution is 2.33. The minimum absolute atomic E-state index is 0.0257. The van der Waals surface area contributed by atoms with Crippen LogP contribution in [0.3, 0.4) is 0 Å². The molecule has 10 heteroatoms. The van der Waals surface area contributed by atoms with Gasteiger partial charge >= 0.3 is 18.1 Å². The minimum Gasteiger partial charge on any atom is -0.451 e. The van der Waals surface area contributed by atoms with Crippen molar-refractivity contribution in [2.75, 3.05) is 6.73 Å². The number of fused-ring (bicyclic) bond motifs is 1. The maximum Gasteiger partial charge on any atom is 0.409 e. The Morgan fingerprint density at radius 3 is 2.77 bits per heavy atom. The standard InChI is InChI=1S/C25H24N4O6/c1-15(18-12-26-19-11-7-6-10-17(18)19)20-21(30)27-23(35-20)29-14-34-22(31)25(29,2)28-24(32)33-13-16-8-4-3-5-9-16/h3-12,15,20,26H,13-14H2,1-2H3,(H,28,32)/t15-,20+,25+/m1/s1. The molecule has 3 atom stereocenters. The summed E-state index contributed by atoms with van der Waals surface area (Å²) in [6, 6.07) is 16.8. The molecule has 0 spiro atoms. The van der Waals surface area contributed by atoms with Crippen LogP contribution in [-0.2, 0) is 30.4 Å². The number of amides is 2. The maximum absolute atomic E-state index is 12.8. The van der Waals surface area contributed by atoms with Crippen LogP contribution in [0.5, 0.6) is 0 Å². The first-order valence-corrected chi connectivity index (χ1v) is 11.2. The molecule has 3 aromatic rings. The zero-order valence-corrected chi connectivity index (χ0v) is 19.2. The van der Waals surface area contributed by atoms with Crippen molar-refractivity contribution in [1.82, 2.24) is 15.2 Å². The predicted molar refractivity (Wildman–Crippen MR) is 125 cm³/mol. The second kappa shape index (κ2) is 8.79. The molecule has 1 saturated heterocycles. The summed E-state index contributed by atoms with van der Waals surface area (Å²) in [5.74, 6) is -1.53. The van der Waals surface area contributed by atoms with E-state index in [2.05, 4.69) is 15.3 Å². The van der Waals surface area contributed by atoms with E-state index in [4.69, 9.17) is 14.2 Å². The summed E-state index contributed by atoms with van der Waals surface area (Å²) in [4.78, 5) is 46.4. The molecule has 0 saturated carbocycles. The minimum atomic E-state index is -1.66. The van der Waals surface area contributed by atoms with Crippen LogP contribution < -0.4 is 5.32 Å². The molecule has 0 bridgehead atoms. The first-order chi connectivity index (χ1) is 16.9. The van der Waals surface area contributed by atoms with Gasteiger partial charge < -0.3 is 19.2 Å². The molecule has 0 aliphatic carbocycles. The van der Waals surface area contributed by atoms with Crippen LogP contribution >= 0.6 is 0 Å². The van der Waals surface area contributed by atoms with Crippen molar-refractivity contribution < 1.29 is 28.6 Å². The van der Waals surface area contributed by atoms with Gasteiger partial charge in [0, 0.05) is 23.0 Å². The van der Waals surface area contributed by atoms with Crippen molar-refractivity contribution in [2.24, 2.45) is 4.99 Å². The summed E-state index contributed by atoms with van der Waals surface area (Å²) in [5.41, 5.74) is 0.993. The fourth-order valence-electron chi connectivity index (χ4n) is 4.25. The number of carbonyl (C=O) groups is 3. The Morgan fingerprint density at radius 1 is 1.23 bits per heavy atom. The number of alkyl carbamates (subject to hydrolysis) is 1. The number of H-pyrrole nitrogens is 1. The molecule has 5 rings (SSSR count). The number of hydrogen-bond acceptors (Lipinski definition) is 7. The van der Waals surface area contributed by atoms with E-state index in [9.17, 15) is 14.4 Å². The van der Waals surface area contributed by atoms with E-state index in [0.717, 1.165) is 22.0 Å². The van der Waals surface area contributed by atoms with Gasteiger partial charge in [0.15, 0.2) is 12.8 Å². The number of hydrogen-bond donors (Lipinski definition) is 2. The summed E-state index contributed by atoms with van der Waals surface area (Å²) < 4.78 is 16.3. The fraction of sp³-hybridized carbons (Fsp3) is 0.280. The Balaban J connectivity index is 1.29. The molecule has 3 heterocycles. The number of benzene rings is 2. The van der Waals surface area contributed by atoms with Crippen molar-refractivity contribution in [3.63, 3.8) is 0 Å². The summed E-state index contributed by atoms with van der Waals surface area (Å²) in [7, 11) is 0. The van der Waals surface area contributed by atoms with Gasteiger partial charge in [0.25, 0.3) is 5.91 Å². The molecule has 1 aromatic heterocycles. The Hall–Kier alpha value is -4.34. The summed E-state index contributed by atoms with van der Waals surface area (Å²) >= 11 is 0. The molecule has 2 amide bonds. The third-order valence-electron chi connectivity index (χ3n) is 6.30. The quantitative estimate of drug-likeness (QED) is 0.543. The molecule has 180 valence electrons. The van der Waals surface area contributed by atoms with Crippen LogP contribution in [0.25, 0.3) is 10.9 Å². The average Bonchev–Trinajstić information content (AvgIpc) is 3.54. The van der Waals surface area contributed by atoms with Gasteiger partial charge in [0.05, 0.1) is 0 Å². The van der Waals surface area contributed by atoms with Crippen LogP contribution in [0.2, 0.25) is 0 Å². The number of aliphatic imine (C=N–C) groups is 1. The SMILES string of the molecule is C[C@H](c1c[nH]c2ccccc12)[C@@H]1OC(N2COC(=O)[C@@]2(C)NC(=O)OCc2ccccc2)=NC1=O. The van der Waals surface area contributed by atoms with Gasteiger partial charge in [0.2, 0.25) is 5.66 Å². The average molecular weight is 476 g/mol. The smallest absolute Gasteiger partial charge is 0.409 e. The number of aromatic nitrogens is 1. The maximum atomic E-state index is 12.8. The van der Waals surface area contributed by atoms with Crippen LogP contribution in [0, 0.1) is 0 Å². The number of amidine groups is 1. The molecule has 2 aliphatic heterocycles. The third kappa shape index (κ3) is 4.07. The van der Waals surface area contributed by atoms with E-state index in [1.165, 1.54) is 11.8 Å². The van der Waals surface area contributed by atoms with E-state index in [0.29, 0.717) is 0 Å². The Bertz CT molecular complexity index is 1320. The van der Waals surface area contributed by atoms with Gasteiger partial charge in [0.1, 0.15) is 6.61 Å². The van der Waals surface area contributed by atoms with Crippen molar-refractivity contribution in [3.8, 4) is 0 Å². The number of carbonyl (C=O) groups excluding carboxylic acids is 3. The monoisotopic (exact) mass is 476 g/mol. The van der Waals surface area contributed by atoms with Gasteiger partial charge in [-0.15, -0.1) is 0 Å². The fourth-order valence-corrected chi connectivity index (χ4v) is 4.25. The van der Waals surface area contributed by atoms with E-state index >= 15 is 0 Å². The second-order valence-electron chi connectivity index (χ2n) is 8.60. The van der Waals surface area contributed by atoms with Crippen LogP contribution in [-0.4, -0.2) is 52.4 Å². The summed E-state index contributed by atoms with van der Waals surface area (Å²) in [6.07, 6.45) is 0.129. The lowest BCUT2D eigenvalue weighted by molar-refractivity contribution is -0.143. The van der Waals surface area contributed by atoms with Crippen molar-refractivity contribution in [3.05, 3.63) is 71.9 Å². The number of para-hydroxylation sites is 1. The van der Waals surface area contributed by atoms with Gasteiger partial charge in [-0.05, 0) is 24.1 Å². The third-order valence-corrected chi connectivity index (χ3v) is 6.30. The van der Waals surface area contributed by atoms with Crippen molar-refractivity contribution in [1.29, 1.82) is 0 Å². The number of nitrogens with zero attached hydrogens (tertiary/aromatic N) is 2. The summed E-state index contributed by atoms with van der Waals surface area (Å²) in [5, 5.41) is 3.51. The van der Waals surface area contributed by atoms with Gasteiger partial charge in [-0.1, -0.05) is 55.5 Å². The van der Waals surface area contributed by atoms with Crippen LogP contribution in [0.15, 0.2) is 65.8 Å². The van der Waals surface area contributed by atoms with Gasteiger partial charge in [-0.2, -0.15) is 4.99 Å².